The first-order chi connectivity index (χ1) is 32.5. The molecule has 0 atom stereocenters. The van der Waals surface area contributed by atoms with Gasteiger partial charge in [0.25, 0.3) is 0 Å². The van der Waals surface area contributed by atoms with E-state index in [-0.39, 0.29) is 24.0 Å². The van der Waals surface area contributed by atoms with E-state index in [4.69, 9.17) is 28.9 Å². The third-order valence-electron chi connectivity index (χ3n) is 11.6. The molecule has 66 heavy (non-hydrogen) atoms. The van der Waals surface area contributed by atoms with E-state index in [1.54, 1.807) is 6.92 Å². The zero-order valence-corrected chi connectivity index (χ0v) is 36.5. The molecule has 2 aromatic heterocycles. The van der Waals surface area contributed by atoms with Gasteiger partial charge in [0.2, 0.25) is 0 Å². The molecule has 1 aliphatic carbocycles. The van der Waals surface area contributed by atoms with E-state index in [1.165, 1.54) is 37.7 Å². The van der Waals surface area contributed by atoms with Crippen LogP contribution in [0.15, 0.2) is 182 Å². The van der Waals surface area contributed by atoms with Crippen LogP contribution in [0.4, 0.5) is 0 Å². The highest BCUT2D eigenvalue weighted by molar-refractivity contribution is 5.66. The maximum atomic E-state index is 6.26. The normalized spacial score (nSPS) is 12.6. The molecule has 0 aliphatic heterocycles. The van der Waals surface area contributed by atoms with Crippen molar-refractivity contribution < 1.29 is 18.9 Å². The molecule has 7 aromatic carbocycles. The summed E-state index contributed by atoms with van der Waals surface area (Å²) in [5, 5.41) is 0. The van der Waals surface area contributed by atoms with E-state index in [1.807, 2.05) is 121 Å². The molecule has 0 amide bonds. The quantitative estimate of drug-likeness (QED) is 0.105. The van der Waals surface area contributed by atoms with Crippen LogP contribution in [-0.4, -0.2) is 29.9 Å². The number of ether oxygens (including phenoxy) is 4. The van der Waals surface area contributed by atoms with Gasteiger partial charge >= 0.3 is 24.0 Å². The average Bonchev–Trinajstić information content (AvgIpc) is 3.36. The Hall–Kier alpha value is -8.24. The van der Waals surface area contributed by atoms with Crippen molar-refractivity contribution in [2.45, 2.75) is 51.4 Å². The second kappa shape index (κ2) is 19.7. The molecule has 0 radical (unpaired) electrons. The van der Waals surface area contributed by atoms with Crippen molar-refractivity contribution in [2.75, 3.05) is 0 Å². The number of benzene rings is 7. The lowest BCUT2D eigenvalue weighted by Crippen LogP contribution is -2.04. The minimum atomic E-state index is 0.126. The van der Waals surface area contributed by atoms with Crippen molar-refractivity contribution in [1.29, 1.82) is 0 Å². The van der Waals surface area contributed by atoms with Crippen molar-refractivity contribution in [3.05, 3.63) is 205 Å². The van der Waals surface area contributed by atoms with Crippen LogP contribution in [0.25, 0.3) is 33.4 Å². The number of aromatic nitrogens is 6. The third kappa shape index (κ3) is 10.6. The van der Waals surface area contributed by atoms with Gasteiger partial charge in [-0.15, -0.1) is 9.97 Å². The van der Waals surface area contributed by atoms with Crippen molar-refractivity contribution in [3.63, 3.8) is 0 Å². The predicted molar refractivity (Wildman–Crippen MR) is 255 cm³/mol. The first-order valence-electron chi connectivity index (χ1n) is 22.3. The summed E-state index contributed by atoms with van der Waals surface area (Å²) in [5.41, 5.74) is 8.85. The smallest absolute Gasteiger partial charge is 0.328 e. The predicted octanol–water partition coefficient (Wildman–Crippen LogP) is 14.2. The second-order valence-electron chi connectivity index (χ2n) is 16.3. The van der Waals surface area contributed by atoms with Crippen molar-refractivity contribution in [3.8, 4) is 80.4 Å². The van der Waals surface area contributed by atoms with Crippen LogP contribution >= 0.6 is 0 Å². The molecule has 0 spiro atoms. The Labute approximate surface area is 384 Å². The van der Waals surface area contributed by atoms with E-state index >= 15 is 0 Å². The van der Waals surface area contributed by atoms with Gasteiger partial charge in [-0.05, 0) is 119 Å². The first-order valence-corrected chi connectivity index (χ1v) is 22.3. The van der Waals surface area contributed by atoms with E-state index in [0.29, 0.717) is 47.0 Å². The molecule has 10 heteroatoms. The summed E-state index contributed by atoms with van der Waals surface area (Å²) in [6.07, 6.45) is 6.87. The fourth-order valence-electron chi connectivity index (χ4n) is 8.14. The van der Waals surface area contributed by atoms with E-state index in [9.17, 15) is 0 Å². The average molecular weight is 867 g/mol. The van der Waals surface area contributed by atoms with Gasteiger partial charge in [-0.25, -0.2) is 0 Å². The maximum absolute atomic E-state index is 6.26. The van der Waals surface area contributed by atoms with E-state index in [0.717, 1.165) is 38.9 Å². The molecular formula is C56H46N6O4. The zero-order valence-electron chi connectivity index (χ0n) is 36.5. The van der Waals surface area contributed by atoms with Crippen LogP contribution in [0.5, 0.6) is 47.0 Å². The van der Waals surface area contributed by atoms with Crippen LogP contribution in [0.3, 0.4) is 0 Å². The van der Waals surface area contributed by atoms with Gasteiger partial charge in [-0.2, -0.15) is 19.9 Å². The summed E-state index contributed by atoms with van der Waals surface area (Å²) in [6, 6.07) is 61.0. The minimum Gasteiger partial charge on any atom is -0.424 e. The van der Waals surface area contributed by atoms with E-state index < -0.39 is 0 Å². The van der Waals surface area contributed by atoms with Crippen molar-refractivity contribution >= 4 is 0 Å². The largest absolute Gasteiger partial charge is 0.424 e. The highest BCUT2D eigenvalue weighted by Crippen LogP contribution is 2.35. The van der Waals surface area contributed by atoms with Crippen molar-refractivity contribution in [1.82, 2.24) is 29.9 Å². The number of aryl methyl sites for hydroxylation is 1. The lowest BCUT2D eigenvalue weighted by Gasteiger charge is -2.22. The lowest BCUT2D eigenvalue weighted by molar-refractivity contribution is 0.392. The molecule has 0 N–H and O–H groups in total. The third-order valence-corrected chi connectivity index (χ3v) is 11.6. The summed E-state index contributed by atoms with van der Waals surface area (Å²) in [5.74, 6) is 4.04. The Morgan fingerprint density at radius 2 is 0.712 bits per heavy atom. The van der Waals surface area contributed by atoms with Gasteiger partial charge in [0.05, 0.1) is 0 Å². The second-order valence-corrected chi connectivity index (χ2v) is 16.3. The van der Waals surface area contributed by atoms with Gasteiger partial charge < -0.3 is 18.9 Å². The highest BCUT2D eigenvalue weighted by Gasteiger charge is 2.17. The van der Waals surface area contributed by atoms with Crippen LogP contribution < -0.4 is 18.9 Å². The molecule has 0 saturated heterocycles. The topological polar surface area (TPSA) is 114 Å². The molecule has 9 aromatic rings. The minimum absolute atomic E-state index is 0.126. The van der Waals surface area contributed by atoms with Crippen LogP contribution in [0.2, 0.25) is 0 Å². The van der Waals surface area contributed by atoms with Crippen LogP contribution in [0, 0.1) is 6.92 Å². The molecule has 2 heterocycles. The molecular weight excluding hydrogens is 821 g/mol. The number of nitrogens with zero attached hydrogens (tertiary/aromatic N) is 6. The molecule has 324 valence electrons. The van der Waals surface area contributed by atoms with Gasteiger partial charge in [-0.1, -0.05) is 153 Å². The number of rotatable bonds is 14. The summed E-state index contributed by atoms with van der Waals surface area (Å²) in [6.45, 7) is 1.79. The van der Waals surface area contributed by atoms with Gasteiger partial charge in [0, 0.05) is 6.42 Å². The number of hydrogen-bond donors (Lipinski definition) is 0. The molecule has 1 aliphatic rings. The molecule has 10 rings (SSSR count). The van der Waals surface area contributed by atoms with Gasteiger partial charge in [0.15, 0.2) is 0 Å². The Kier molecular flexibility index (Phi) is 12.4. The van der Waals surface area contributed by atoms with Gasteiger partial charge in [0.1, 0.15) is 34.6 Å². The maximum Gasteiger partial charge on any atom is 0.328 e. The fourth-order valence-corrected chi connectivity index (χ4v) is 8.14. The lowest BCUT2D eigenvalue weighted by atomic mass is 9.84. The molecule has 1 saturated carbocycles. The molecule has 10 nitrogen and oxygen atoms in total. The Morgan fingerprint density at radius 3 is 1.12 bits per heavy atom. The Morgan fingerprint density at radius 1 is 0.364 bits per heavy atom. The zero-order chi connectivity index (χ0) is 44.5. The Balaban J connectivity index is 0.815. The monoisotopic (exact) mass is 866 g/mol. The van der Waals surface area contributed by atoms with E-state index in [2.05, 4.69) is 80.6 Å². The Bertz CT molecular complexity index is 2900. The summed E-state index contributed by atoms with van der Waals surface area (Å²) in [4.78, 5) is 27.2. The van der Waals surface area contributed by atoms with Crippen LogP contribution in [0.1, 0.15) is 60.8 Å². The molecule has 0 bridgehead atoms. The first kappa shape index (κ1) is 41.8. The molecule has 1 fully saturated rings. The standard InChI is InChI=1S/C56H46N6O4/c1-38-57-53(63-48-29-21-44(22-30-48)41-13-7-3-8-14-41)61-54(58-38)64-49-33-25-46(26-34-49)47-27-35-51(36-28-47)66-56-60-52(37-39-17-19-43(20-18-39)40-11-5-2-6-12-40)59-55(62-56)65-50-31-23-45(24-32-50)42-15-9-4-10-16-42/h2,4-6,9-12,15-36,41H,3,7-8,13-14,37H2,1H3. The SMILES string of the molecule is Cc1nc(Oc2ccc(-c3ccc(Oc4nc(Cc5ccc(-c6ccccc6)cc5)nc(Oc5ccc(-c6ccccc6)cc5)n4)cc3)cc2)nc(Oc2ccc(C3CCCCC3)cc2)n1. The summed E-state index contributed by atoms with van der Waals surface area (Å²) in [7, 11) is 0. The fraction of sp³-hybridized carbons (Fsp3) is 0.143. The summed E-state index contributed by atoms with van der Waals surface area (Å²) >= 11 is 0. The molecule has 0 unspecified atom stereocenters. The van der Waals surface area contributed by atoms with Crippen LogP contribution in [-0.2, 0) is 6.42 Å². The van der Waals surface area contributed by atoms with Crippen molar-refractivity contribution in [2.24, 2.45) is 0 Å². The highest BCUT2D eigenvalue weighted by atomic mass is 16.5. The number of hydrogen-bond acceptors (Lipinski definition) is 10. The summed E-state index contributed by atoms with van der Waals surface area (Å²) < 4.78 is 24.6. The van der Waals surface area contributed by atoms with Gasteiger partial charge in [-0.3, -0.25) is 0 Å².